The zero-order valence-electron chi connectivity index (χ0n) is 15.8. The maximum absolute atomic E-state index is 12.3. The predicted molar refractivity (Wildman–Crippen MR) is 109 cm³/mol. The number of nitrogens with two attached hydrogens (primary N) is 1. The second-order valence-electron chi connectivity index (χ2n) is 7.15. The largest absolute Gasteiger partial charge is 0.398 e. The summed E-state index contributed by atoms with van der Waals surface area (Å²) in [5, 5.41) is 13.1. The topological polar surface area (TPSA) is 99.1 Å². The van der Waals surface area contributed by atoms with E-state index in [4.69, 9.17) is 5.73 Å². The van der Waals surface area contributed by atoms with Crippen LogP contribution in [0.4, 0.5) is 11.5 Å². The average Bonchev–Trinajstić information content (AvgIpc) is 3.12. The number of nitrogens with zero attached hydrogens (tertiary/aromatic N) is 2. The summed E-state index contributed by atoms with van der Waals surface area (Å²) < 4.78 is 0. The Morgan fingerprint density at radius 3 is 2.85 bits per heavy atom. The maximum Gasteiger partial charge on any atom is 0.258 e. The summed E-state index contributed by atoms with van der Waals surface area (Å²) in [6.07, 6.45) is 3.65. The van der Waals surface area contributed by atoms with Gasteiger partial charge in [0.05, 0.1) is 17.0 Å². The molecule has 1 aromatic heterocycles. The molecular weight excluding hydrogens is 340 g/mol. The number of piperidine rings is 1. The quantitative estimate of drug-likeness (QED) is 0.563. The monoisotopic (exact) mass is 368 g/mol. The molecule has 2 heterocycles. The van der Waals surface area contributed by atoms with Crippen LogP contribution in [0.15, 0.2) is 36.9 Å². The second kappa shape index (κ2) is 8.73. The number of aromatic nitrogens is 2. The third-order valence-electron chi connectivity index (χ3n) is 5.08. The van der Waals surface area contributed by atoms with Gasteiger partial charge in [0.25, 0.3) is 5.91 Å². The summed E-state index contributed by atoms with van der Waals surface area (Å²) in [5.41, 5.74) is 8.23. The molecule has 1 aliphatic heterocycles. The minimum Gasteiger partial charge on any atom is -0.398 e. The van der Waals surface area contributed by atoms with Crippen LogP contribution in [0.2, 0.25) is 0 Å². The van der Waals surface area contributed by atoms with Crippen molar-refractivity contribution < 1.29 is 4.79 Å². The molecule has 1 aliphatic rings. The van der Waals surface area contributed by atoms with Gasteiger partial charge in [-0.1, -0.05) is 18.7 Å². The molecule has 1 saturated heterocycles. The average molecular weight is 368 g/mol. The van der Waals surface area contributed by atoms with E-state index < -0.39 is 0 Å². The highest BCUT2D eigenvalue weighted by Gasteiger charge is 2.16. The molecule has 0 spiro atoms. The van der Waals surface area contributed by atoms with Gasteiger partial charge in [0, 0.05) is 18.3 Å². The van der Waals surface area contributed by atoms with Crippen LogP contribution < -0.4 is 16.4 Å². The number of H-pyrrole nitrogens is 1. The molecule has 1 amide bonds. The van der Waals surface area contributed by atoms with Crippen LogP contribution in [0.1, 0.15) is 35.3 Å². The van der Waals surface area contributed by atoms with Crippen LogP contribution in [0.3, 0.4) is 0 Å². The van der Waals surface area contributed by atoms with E-state index in [1.165, 1.54) is 25.9 Å². The number of rotatable bonds is 7. The fourth-order valence-electron chi connectivity index (χ4n) is 3.30. The minimum absolute atomic E-state index is 0.285. The first-order valence-electron chi connectivity index (χ1n) is 9.36. The standard InChI is InChI=1S/C20H28N6O/c1-14(22-10-7-15-8-11-26(2)12-9-15)18-13-19(25-24-18)23-20(27)16-5-3-4-6-17(16)21/h3-6,13,15,22H,1,7-12,21H2,2H3,(H2,23,24,25,27). The highest BCUT2D eigenvalue weighted by atomic mass is 16.1. The summed E-state index contributed by atoms with van der Waals surface area (Å²) in [6, 6.07) is 8.71. The lowest BCUT2D eigenvalue weighted by molar-refractivity contribution is 0.102. The molecule has 144 valence electrons. The van der Waals surface area contributed by atoms with Crippen molar-refractivity contribution in [3.63, 3.8) is 0 Å². The summed E-state index contributed by atoms with van der Waals surface area (Å²) in [6.45, 7) is 7.31. The first kappa shape index (κ1) is 19.0. The number of hydrogen-bond acceptors (Lipinski definition) is 5. The number of hydrogen-bond donors (Lipinski definition) is 4. The molecule has 1 aromatic carbocycles. The molecule has 3 rings (SSSR count). The fourth-order valence-corrected chi connectivity index (χ4v) is 3.30. The van der Waals surface area contributed by atoms with Crippen LogP contribution in [0, 0.1) is 5.92 Å². The van der Waals surface area contributed by atoms with Gasteiger partial charge in [0.2, 0.25) is 0 Å². The lowest BCUT2D eigenvalue weighted by atomic mass is 9.94. The van der Waals surface area contributed by atoms with Crippen molar-refractivity contribution >= 4 is 23.1 Å². The Hall–Kier alpha value is -2.80. The number of nitrogens with one attached hydrogen (secondary N) is 3. The van der Waals surface area contributed by atoms with Crippen LogP contribution >= 0.6 is 0 Å². The van der Waals surface area contributed by atoms with Crippen LogP contribution in [-0.2, 0) is 0 Å². The number of nitrogen functional groups attached to an aromatic ring is 1. The smallest absolute Gasteiger partial charge is 0.258 e. The van der Waals surface area contributed by atoms with Gasteiger partial charge in [0.15, 0.2) is 5.82 Å². The summed E-state index contributed by atoms with van der Waals surface area (Å²) in [5.74, 6) is 0.929. The number of para-hydroxylation sites is 1. The number of carbonyl (C=O) groups excluding carboxylic acids is 1. The Morgan fingerprint density at radius 2 is 2.11 bits per heavy atom. The number of anilines is 2. The molecule has 1 fully saturated rings. The molecule has 0 aliphatic carbocycles. The Labute approximate surface area is 160 Å². The number of benzene rings is 1. The zero-order valence-corrected chi connectivity index (χ0v) is 15.8. The van der Waals surface area contributed by atoms with E-state index in [1.54, 1.807) is 30.3 Å². The van der Waals surface area contributed by atoms with Crippen molar-refractivity contribution in [3.8, 4) is 0 Å². The van der Waals surface area contributed by atoms with E-state index in [1.807, 2.05) is 0 Å². The molecule has 27 heavy (non-hydrogen) atoms. The van der Waals surface area contributed by atoms with Gasteiger partial charge in [0.1, 0.15) is 0 Å². The molecule has 0 bridgehead atoms. The Balaban J connectivity index is 1.47. The minimum atomic E-state index is -0.285. The molecule has 7 heteroatoms. The maximum atomic E-state index is 12.3. The molecule has 5 N–H and O–H groups in total. The fraction of sp³-hybridized carbons (Fsp3) is 0.400. The van der Waals surface area contributed by atoms with Crippen molar-refractivity contribution in [3.05, 3.63) is 48.2 Å². The molecule has 0 atom stereocenters. The lowest BCUT2D eigenvalue weighted by Crippen LogP contribution is -2.31. The number of carbonyl (C=O) groups is 1. The number of amides is 1. The van der Waals surface area contributed by atoms with E-state index in [9.17, 15) is 4.79 Å². The third kappa shape index (κ3) is 5.10. The first-order valence-corrected chi connectivity index (χ1v) is 9.36. The molecule has 0 unspecified atom stereocenters. The van der Waals surface area contributed by atoms with E-state index in [0.29, 0.717) is 17.1 Å². The van der Waals surface area contributed by atoms with Crippen molar-refractivity contribution in [2.45, 2.75) is 19.3 Å². The van der Waals surface area contributed by atoms with Crippen LogP contribution in [0.25, 0.3) is 5.70 Å². The number of aromatic amines is 1. The van der Waals surface area contributed by atoms with Gasteiger partial charge in [-0.3, -0.25) is 9.89 Å². The number of likely N-dealkylation sites (tertiary alicyclic amines) is 1. The molecule has 0 radical (unpaired) electrons. The summed E-state index contributed by atoms with van der Waals surface area (Å²) in [4.78, 5) is 14.7. The van der Waals surface area contributed by atoms with E-state index in [0.717, 1.165) is 30.3 Å². The van der Waals surface area contributed by atoms with Gasteiger partial charge >= 0.3 is 0 Å². The highest BCUT2D eigenvalue weighted by molar-refractivity contribution is 6.07. The van der Waals surface area contributed by atoms with Gasteiger partial charge in [-0.2, -0.15) is 5.10 Å². The molecule has 0 saturated carbocycles. The zero-order chi connectivity index (χ0) is 19.2. The Morgan fingerprint density at radius 1 is 1.37 bits per heavy atom. The van der Waals surface area contributed by atoms with Gasteiger partial charge in [-0.05, 0) is 57.5 Å². The first-order chi connectivity index (χ1) is 13.0. The van der Waals surface area contributed by atoms with Crippen molar-refractivity contribution in [2.75, 3.05) is 37.7 Å². The molecule has 2 aromatic rings. The van der Waals surface area contributed by atoms with Crippen molar-refractivity contribution in [1.29, 1.82) is 0 Å². The highest BCUT2D eigenvalue weighted by Crippen LogP contribution is 2.20. The van der Waals surface area contributed by atoms with Crippen molar-refractivity contribution in [2.24, 2.45) is 5.92 Å². The predicted octanol–water partition coefficient (Wildman–Crippen LogP) is 2.54. The normalized spacial score (nSPS) is 15.4. The summed E-state index contributed by atoms with van der Waals surface area (Å²) in [7, 11) is 2.18. The second-order valence-corrected chi connectivity index (χ2v) is 7.15. The molecule has 7 nitrogen and oxygen atoms in total. The van der Waals surface area contributed by atoms with Gasteiger partial charge < -0.3 is 21.3 Å². The molecular formula is C20H28N6O. The lowest BCUT2D eigenvalue weighted by Gasteiger charge is -2.29. The SMILES string of the molecule is C=C(NCCC1CCN(C)CC1)c1cc(NC(=O)c2ccccc2N)n[nH]1. The van der Waals surface area contributed by atoms with E-state index in [-0.39, 0.29) is 5.91 Å². The van der Waals surface area contributed by atoms with Gasteiger partial charge in [-0.25, -0.2) is 0 Å². The third-order valence-corrected chi connectivity index (χ3v) is 5.08. The summed E-state index contributed by atoms with van der Waals surface area (Å²) >= 11 is 0. The van der Waals surface area contributed by atoms with Crippen molar-refractivity contribution in [1.82, 2.24) is 20.4 Å². The van der Waals surface area contributed by atoms with Gasteiger partial charge in [-0.15, -0.1) is 0 Å². The Bertz CT molecular complexity index is 791. The van der Waals surface area contributed by atoms with Crippen LogP contribution in [-0.4, -0.2) is 47.7 Å². The Kier molecular flexibility index (Phi) is 6.13. The van der Waals surface area contributed by atoms with E-state index >= 15 is 0 Å². The van der Waals surface area contributed by atoms with E-state index in [2.05, 4.69) is 39.4 Å². The van der Waals surface area contributed by atoms with Crippen LogP contribution in [0.5, 0.6) is 0 Å².